The second-order valence-corrected chi connectivity index (χ2v) is 4.80. The maximum atomic E-state index is 11.0. The van der Waals surface area contributed by atoms with Gasteiger partial charge in [0.25, 0.3) is 0 Å². The van der Waals surface area contributed by atoms with Gasteiger partial charge in [-0.25, -0.2) is 4.79 Å². The Morgan fingerprint density at radius 3 is 2.67 bits per heavy atom. The molecule has 21 heavy (non-hydrogen) atoms. The number of rotatable bonds is 5. The van der Waals surface area contributed by atoms with Crippen LogP contribution >= 0.6 is 11.6 Å². The Morgan fingerprint density at radius 1 is 1.43 bits per heavy atom. The molecule has 1 heterocycles. The molecule has 0 aliphatic rings. The van der Waals surface area contributed by atoms with Crippen molar-refractivity contribution in [1.29, 1.82) is 0 Å². The summed E-state index contributed by atoms with van der Waals surface area (Å²) in [5, 5.41) is 13.7. The minimum absolute atomic E-state index is 0.125. The summed E-state index contributed by atoms with van der Waals surface area (Å²) in [5.41, 5.74) is 1.64. The second kappa shape index (κ2) is 6.05. The quantitative estimate of drug-likeness (QED) is 0.919. The lowest BCUT2D eigenvalue weighted by Crippen LogP contribution is -2.02. The third kappa shape index (κ3) is 3.11. The minimum Gasteiger partial charge on any atom is -0.493 e. The molecule has 0 amide bonds. The molecule has 2 rings (SSSR count). The molecular weight excluding hydrogens is 296 g/mol. The van der Waals surface area contributed by atoms with Crippen LogP contribution in [-0.4, -0.2) is 28.0 Å². The lowest BCUT2D eigenvalue weighted by atomic mass is 10.2. The highest BCUT2D eigenvalue weighted by atomic mass is 35.5. The lowest BCUT2D eigenvalue weighted by Gasteiger charge is -2.11. The van der Waals surface area contributed by atoms with Crippen LogP contribution in [0, 0.1) is 6.92 Å². The Bertz CT molecular complexity index is 682. The van der Waals surface area contributed by atoms with Crippen LogP contribution in [0.15, 0.2) is 18.2 Å². The van der Waals surface area contributed by atoms with Crippen molar-refractivity contribution in [1.82, 2.24) is 9.78 Å². The van der Waals surface area contributed by atoms with E-state index in [1.807, 2.05) is 6.92 Å². The average molecular weight is 311 g/mol. The first-order chi connectivity index (χ1) is 9.93. The third-order valence-electron chi connectivity index (χ3n) is 3.05. The van der Waals surface area contributed by atoms with Crippen molar-refractivity contribution in [2.75, 3.05) is 7.11 Å². The number of aryl methyl sites for hydroxylation is 2. The predicted octanol–water partition coefficient (Wildman–Crippen LogP) is 2.67. The van der Waals surface area contributed by atoms with Gasteiger partial charge in [-0.05, 0) is 25.1 Å². The first kappa shape index (κ1) is 15.2. The zero-order valence-corrected chi connectivity index (χ0v) is 12.6. The summed E-state index contributed by atoms with van der Waals surface area (Å²) < 4.78 is 12.4. The van der Waals surface area contributed by atoms with Crippen molar-refractivity contribution < 1.29 is 19.4 Å². The van der Waals surface area contributed by atoms with Crippen molar-refractivity contribution in [3.05, 3.63) is 40.2 Å². The Hall–Kier alpha value is -2.21. The Balaban J connectivity index is 2.26. The van der Waals surface area contributed by atoms with Crippen LogP contribution in [0.4, 0.5) is 0 Å². The van der Waals surface area contributed by atoms with E-state index in [0.717, 1.165) is 11.3 Å². The molecular formula is C14H15ClN2O4. The number of aromatic nitrogens is 2. The van der Waals surface area contributed by atoms with Crippen molar-refractivity contribution >= 4 is 17.6 Å². The summed E-state index contributed by atoms with van der Waals surface area (Å²) in [7, 11) is 3.23. The van der Waals surface area contributed by atoms with Gasteiger partial charge in [-0.2, -0.15) is 5.10 Å². The van der Waals surface area contributed by atoms with Crippen LogP contribution in [0.25, 0.3) is 0 Å². The number of ether oxygens (including phenoxy) is 2. The fourth-order valence-electron chi connectivity index (χ4n) is 1.91. The van der Waals surface area contributed by atoms with Gasteiger partial charge in [-0.15, -0.1) is 0 Å². The highest BCUT2D eigenvalue weighted by molar-refractivity contribution is 6.30. The van der Waals surface area contributed by atoms with E-state index < -0.39 is 5.97 Å². The molecule has 0 atom stereocenters. The summed E-state index contributed by atoms with van der Waals surface area (Å²) in [6.45, 7) is 2.01. The van der Waals surface area contributed by atoms with E-state index in [-0.39, 0.29) is 12.2 Å². The van der Waals surface area contributed by atoms with Crippen LogP contribution in [-0.2, 0) is 13.7 Å². The van der Waals surface area contributed by atoms with E-state index in [4.69, 9.17) is 26.2 Å². The van der Waals surface area contributed by atoms with Gasteiger partial charge >= 0.3 is 5.97 Å². The molecule has 0 fully saturated rings. The predicted molar refractivity (Wildman–Crippen MR) is 77.2 cm³/mol. The molecule has 7 heteroatoms. The van der Waals surface area contributed by atoms with E-state index in [2.05, 4.69) is 5.10 Å². The molecule has 6 nitrogen and oxygen atoms in total. The molecule has 0 bridgehead atoms. The third-order valence-corrected chi connectivity index (χ3v) is 3.53. The molecule has 0 radical (unpaired) electrons. The number of nitrogens with zero attached hydrogens (tertiary/aromatic N) is 2. The SMILES string of the molecule is COc1ccc(C(=O)O)cc1OCc1c(C)nn(C)c1Cl. The van der Waals surface area contributed by atoms with Crippen molar-refractivity contribution in [3.63, 3.8) is 0 Å². The normalized spacial score (nSPS) is 10.5. The molecule has 0 spiro atoms. The number of carboxylic acids is 1. The number of hydrogen-bond acceptors (Lipinski definition) is 4. The first-order valence-corrected chi connectivity index (χ1v) is 6.54. The standard InChI is InChI=1S/C14H15ClN2O4/c1-8-10(13(15)17(2)16-8)7-21-12-6-9(14(18)19)4-5-11(12)20-3/h4-6H,7H2,1-3H3,(H,18,19). The second-order valence-electron chi connectivity index (χ2n) is 4.44. The molecule has 0 saturated carbocycles. The Labute approximate surface area is 126 Å². The van der Waals surface area contributed by atoms with Gasteiger partial charge < -0.3 is 14.6 Å². The lowest BCUT2D eigenvalue weighted by molar-refractivity contribution is 0.0696. The monoisotopic (exact) mass is 310 g/mol. The molecule has 0 unspecified atom stereocenters. The van der Waals surface area contributed by atoms with E-state index in [1.165, 1.54) is 19.2 Å². The van der Waals surface area contributed by atoms with Gasteiger partial charge in [0.05, 0.1) is 18.4 Å². The molecule has 0 aliphatic carbocycles. The van der Waals surface area contributed by atoms with Crippen molar-refractivity contribution in [2.45, 2.75) is 13.5 Å². The van der Waals surface area contributed by atoms with Crippen LogP contribution in [0.5, 0.6) is 11.5 Å². The summed E-state index contributed by atoms with van der Waals surface area (Å²) in [6, 6.07) is 4.42. The largest absolute Gasteiger partial charge is 0.493 e. The van der Waals surface area contributed by atoms with Gasteiger partial charge in [0.2, 0.25) is 0 Å². The van der Waals surface area contributed by atoms with Crippen molar-refractivity contribution in [3.8, 4) is 11.5 Å². The summed E-state index contributed by atoms with van der Waals surface area (Å²) in [4.78, 5) is 11.0. The fraction of sp³-hybridized carbons (Fsp3) is 0.286. The minimum atomic E-state index is -1.03. The molecule has 0 aliphatic heterocycles. The summed E-state index contributed by atoms with van der Waals surface area (Å²) in [6.07, 6.45) is 0. The maximum Gasteiger partial charge on any atom is 0.335 e. The average Bonchev–Trinajstić information content (AvgIpc) is 2.69. The summed E-state index contributed by atoms with van der Waals surface area (Å²) >= 11 is 6.13. The number of carbonyl (C=O) groups is 1. The van der Waals surface area contributed by atoms with Crippen LogP contribution in [0.2, 0.25) is 5.15 Å². The van der Waals surface area contributed by atoms with Crippen LogP contribution in [0.1, 0.15) is 21.6 Å². The smallest absolute Gasteiger partial charge is 0.335 e. The number of benzene rings is 1. The van der Waals surface area contributed by atoms with Gasteiger partial charge in [0, 0.05) is 12.6 Å². The molecule has 0 saturated heterocycles. The topological polar surface area (TPSA) is 73.6 Å². The van der Waals surface area contributed by atoms with E-state index in [0.29, 0.717) is 16.7 Å². The molecule has 1 aromatic heterocycles. The maximum absolute atomic E-state index is 11.0. The molecule has 1 aromatic carbocycles. The number of methoxy groups -OCH3 is 1. The fourth-order valence-corrected chi connectivity index (χ4v) is 2.14. The number of halogens is 1. The van der Waals surface area contributed by atoms with Crippen molar-refractivity contribution in [2.24, 2.45) is 7.05 Å². The number of carboxylic acid groups (broad SMARTS) is 1. The summed E-state index contributed by atoms with van der Waals surface area (Å²) in [5.74, 6) is -0.229. The van der Waals surface area contributed by atoms with Gasteiger partial charge in [-0.3, -0.25) is 4.68 Å². The Morgan fingerprint density at radius 2 is 2.14 bits per heavy atom. The number of hydrogen-bond donors (Lipinski definition) is 1. The van der Waals surface area contributed by atoms with Gasteiger partial charge in [0.15, 0.2) is 11.5 Å². The Kier molecular flexibility index (Phi) is 4.37. The highest BCUT2D eigenvalue weighted by Crippen LogP contribution is 2.30. The first-order valence-electron chi connectivity index (χ1n) is 6.16. The highest BCUT2D eigenvalue weighted by Gasteiger charge is 2.14. The zero-order valence-electron chi connectivity index (χ0n) is 11.9. The number of aromatic carboxylic acids is 1. The van der Waals surface area contributed by atoms with E-state index in [1.54, 1.807) is 17.8 Å². The van der Waals surface area contributed by atoms with Gasteiger partial charge in [-0.1, -0.05) is 11.6 Å². The van der Waals surface area contributed by atoms with Gasteiger partial charge in [0.1, 0.15) is 11.8 Å². The van der Waals surface area contributed by atoms with E-state index in [9.17, 15) is 4.79 Å². The zero-order chi connectivity index (χ0) is 15.6. The van der Waals surface area contributed by atoms with Crippen LogP contribution < -0.4 is 9.47 Å². The molecule has 2 aromatic rings. The molecule has 112 valence electrons. The van der Waals surface area contributed by atoms with E-state index >= 15 is 0 Å². The molecule has 1 N–H and O–H groups in total. The van der Waals surface area contributed by atoms with Crippen LogP contribution in [0.3, 0.4) is 0 Å².